The van der Waals surface area contributed by atoms with E-state index in [9.17, 15) is 9.59 Å². The van der Waals surface area contributed by atoms with Crippen LogP contribution in [-0.4, -0.2) is 30.5 Å². The molecule has 0 atom stereocenters. The first-order valence-corrected chi connectivity index (χ1v) is 6.75. The zero-order chi connectivity index (χ0) is 15.7. The van der Waals surface area contributed by atoms with Crippen LogP contribution in [0.25, 0.3) is 10.9 Å². The molecule has 1 aromatic heterocycles. The number of hydrogen-bond acceptors (Lipinski definition) is 4. The lowest BCUT2D eigenvalue weighted by atomic mass is 10.0. The number of aryl methyl sites for hydroxylation is 2. The van der Waals surface area contributed by atoms with Gasteiger partial charge in [0, 0.05) is 24.4 Å². The van der Waals surface area contributed by atoms with E-state index in [1.165, 1.54) is 7.11 Å². The molecule has 0 radical (unpaired) electrons. The van der Waals surface area contributed by atoms with E-state index in [1.54, 1.807) is 30.9 Å². The minimum atomic E-state index is -0.428. The topological polar surface area (TPSA) is 57.5 Å². The van der Waals surface area contributed by atoms with Crippen LogP contribution in [0.1, 0.15) is 39.8 Å². The van der Waals surface area contributed by atoms with Gasteiger partial charge in [0.1, 0.15) is 11.4 Å². The molecule has 0 saturated heterocycles. The fourth-order valence-corrected chi connectivity index (χ4v) is 2.74. The highest BCUT2D eigenvalue weighted by molar-refractivity contribution is 6.12. The molecule has 0 bridgehead atoms. The number of carbonyl (C=O) groups excluding carboxylic acids is 2. The highest BCUT2D eigenvalue weighted by atomic mass is 16.5. The molecule has 0 aliphatic heterocycles. The Bertz CT molecular complexity index is 728. The molecule has 0 aliphatic carbocycles. The molecule has 21 heavy (non-hydrogen) atoms. The molecule has 1 aromatic carbocycles. The first-order valence-electron chi connectivity index (χ1n) is 6.75. The van der Waals surface area contributed by atoms with Crippen molar-refractivity contribution < 1.29 is 19.1 Å². The number of nitrogens with zero attached hydrogens (tertiary/aromatic N) is 1. The normalized spacial score (nSPS) is 10.7. The number of esters is 1. The molecule has 5 nitrogen and oxygen atoms in total. The van der Waals surface area contributed by atoms with E-state index in [1.807, 2.05) is 13.8 Å². The Kier molecular flexibility index (Phi) is 4.02. The summed E-state index contributed by atoms with van der Waals surface area (Å²) in [5, 5.41) is 0.754. The molecule has 0 aliphatic rings. The second-order valence-corrected chi connectivity index (χ2v) is 4.84. The van der Waals surface area contributed by atoms with Gasteiger partial charge in [-0.25, -0.2) is 4.79 Å². The number of carbonyl (C=O) groups is 2. The van der Waals surface area contributed by atoms with Gasteiger partial charge < -0.3 is 14.0 Å². The van der Waals surface area contributed by atoms with E-state index >= 15 is 0 Å². The van der Waals surface area contributed by atoms with E-state index < -0.39 is 5.97 Å². The Morgan fingerprint density at radius 1 is 1.24 bits per heavy atom. The van der Waals surface area contributed by atoms with Crippen LogP contribution in [0, 0.1) is 6.92 Å². The van der Waals surface area contributed by atoms with Crippen LogP contribution in [0.5, 0.6) is 5.75 Å². The molecule has 0 unspecified atom stereocenters. The minimum Gasteiger partial charge on any atom is -0.495 e. The highest BCUT2D eigenvalue weighted by Crippen LogP contribution is 2.35. The summed E-state index contributed by atoms with van der Waals surface area (Å²) in [7, 11) is 4.68. The average Bonchev–Trinajstić information content (AvgIpc) is 2.77. The van der Waals surface area contributed by atoms with Crippen LogP contribution < -0.4 is 4.74 Å². The molecule has 1 heterocycles. The number of aromatic nitrogens is 1. The number of Topliss-reactive ketones (excluding diaryl/α,β-unsaturated/α-hetero) is 1. The van der Waals surface area contributed by atoms with Gasteiger partial charge in [0.2, 0.25) is 0 Å². The van der Waals surface area contributed by atoms with Crippen LogP contribution in [0.2, 0.25) is 0 Å². The van der Waals surface area contributed by atoms with E-state index in [4.69, 9.17) is 9.47 Å². The van der Waals surface area contributed by atoms with Gasteiger partial charge in [-0.15, -0.1) is 0 Å². The van der Waals surface area contributed by atoms with Gasteiger partial charge in [-0.2, -0.15) is 0 Å². The number of ether oxygens (including phenoxy) is 2. The third kappa shape index (κ3) is 2.18. The molecular weight excluding hydrogens is 270 g/mol. The van der Waals surface area contributed by atoms with Crippen molar-refractivity contribution in [2.75, 3.05) is 14.2 Å². The SMILES string of the molecule is CCC(=O)c1ccc(OC)c2c1c(C)c(C(=O)OC)n2C. The zero-order valence-corrected chi connectivity index (χ0v) is 12.9. The summed E-state index contributed by atoms with van der Waals surface area (Å²) in [6, 6.07) is 3.51. The van der Waals surface area contributed by atoms with Crippen LogP contribution in [0.4, 0.5) is 0 Å². The van der Waals surface area contributed by atoms with E-state index in [0.717, 1.165) is 16.5 Å². The lowest BCUT2D eigenvalue weighted by Gasteiger charge is -2.08. The van der Waals surface area contributed by atoms with Crippen molar-refractivity contribution in [1.29, 1.82) is 0 Å². The van der Waals surface area contributed by atoms with Gasteiger partial charge in [-0.05, 0) is 24.6 Å². The molecule has 112 valence electrons. The summed E-state index contributed by atoms with van der Waals surface area (Å²) in [5.41, 5.74) is 2.50. The van der Waals surface area contributed by atoms with Crippen molar-refractivity contribution in [2.24, 2.45) is 7.05 Å². The molecule has 2 aromatic rings. The van der Waals surface area contributed by atoms with Crippen molar-refractivity contribution in [1.82, 2.24) is 4.57 Å². The standard InChI is InChI=1S/C16H19NO4/c1-6-11(18)10-7-8-12(20-4)15-13(10)9(2)14(17(15)3)16(19)21-5/h7-8H,6H2,1-5H3. The first kappa shape index (κ1) is 15.1. The van der Waals surface area contributed by atoms with E-state index in [-0.39, 0.29) is 5.78 Å². The van der Waals surface area contributed by atoms with Crippen molar-refractivity contribution in [2.45, 2.75) is 20.3 Å². The predicted molar refractivity (Wildman–Crippen MR) is 80.2 cm³/mol. The Labute approximate surface area is 123 Å². The number of fused-ring (bicyclic) bond motifs is 1. The number of rotatable bonds is 4. The molecule has 5 heteroatoms. The second-order valence-electron chi connectivity index (χ2n) is 4.84. The van der Waals surface area contributed by atoms with Crippen LogP contribution >= 0.6 is 0 Å². The lowest BCUT2D eigenvalue weighted by molar-refractivity contribution is 0.0589. The smallest absolute Gasteiger partial charge is 0.354 e. The lowest BCUT2D eigenvalue weighted by Crippen LogP contribution is -2.09. The number of hydrogen-bond donors (Lipinski definition) is 0. The van der Waals surface area contributed by atoms with Crippen molar-refractivity contribution in [3.8, 4) is 5.75 Å². The average molecular weight is 289 g/mol. The van der Waals surface area contributed by atoms with Crippen LogP contribution in [0.15, 0.2) is 12.1 Å². The Morgan fingerprint density at radius 2 is 1.90 bits per heavy atom. The number of ketones is 1. The fourth-order valence-electron chi connectivity index (χ4n) is 2.74. The van der Waals surface area contributed by atoms with Gasteiger partial charge in [0.15, 0.2) is 5.78 Å². The molecule has 0 fully saturated rings. The maximum absolute atomic E-state index is 12.2. The van der Waals surface area contributed by atoms with Crippen molar-refractivity contribution in [3.63, 3.8) is 0 Å². The van der Waals surface area contributed by atoms with Crippen molar-refractivity contribution in [3.05, 3.63) is 29.0 Å². The van der Waals surface area contributed by atoms with E-state index in [0.29, 0.717) is 23.4 Å². The Hall–Kier alpha value is -2.30. The fraction of sp³-hybridized carbons (Fsp3) is 0.375. The van der Waals surface area contributed by atoms with Crippen LogP contribution in [-0.2, 0) is 11.8 Å². The minimum absolute atomic E-state index is 0.0350. The molecule has 0 N–H and O–H groups in total. The summed E-state index contributed by atoms with van der Waals surface area (Å²) in [6.45, 7) is 3.64. The third-order valence-corrected chi connectivity index (χ3v) is 3.76. The molecule has 0 spiro atoms. The highest BCUT2D eigenvalue weighted by Gasteiger charge is 2.24. The van der Waals surface area contributed by atoms with Crippen LogP contribution in [0.3, 0.4) is 0 Å². The summed E-state index contributed by atoms with van der Waals surface area (Å²) < 4.78 is 11.9. The Balaban J connectivity index is 2.94. The molecule has 0 amide bonds. The predicted octanol–water partition coefficient (Wildman–Crippen LogP) is 2.87. The molecular formula is C16H19NO4. The van der Waals surface area contributed by atoms with Gasteiger partial charge in [0.05, 0.1) is 19.7 Å². The number of benzene rings is 1. The third-order valence-electron chi connectivity index (χ3n) is 3.76. The number of methoxy groups -OCH3 is 2. The maximum Gasteiger partial charge on any atom is 0.354 e. The maximum atomic E-state index is 12.2. The van der Waals surface area contributed by atoms with Crippen molar-refractivity contribution >= 4 is 22.7 Å². The second kappa shape index (κ2) is 5.60. The summed E-state index contributed by atoms with van der Waals surface area (Å²) in [6.07, 6.45) is 0.406. The van der Waals surface area contributed by atoms with Gasteiger partial charge in [0.25, 0.3) is 0 Å². The molecule has 0 saturated carbocycles. The summed E-state index contributed by atoms with van der Waals surface area (Å²) in [4.78, 5) is 24.2. The van der Waals surface area contributed by atoms with Gasteiger partial charge in [-0.1, -0.05) is 6.92 Å². The van der Waals surface area contributed by atoms with Gasteiger partial charge >= 0.3 is 5.97 Å². The van der Waals surface area contributed by atoms with E-state index in [2.05, 4.69) is 0 Å². The largest absolute Gasteiger partial charge is 0.495 e. The summed E-state index contributed by atoms with van der Waals surface area (Å²) in [5.74, 6) is 0.231. The summed E-state index contributed by atoms with van der Waals surface area (Å²) >= 11 is 0. The van der Waals surface area contributed by atoms with Gasteiger partial charge in [-0.3, -0.25) is 4.79 Å². The molecule has 2 rings (SSSR count). The zero-order valence-electron chi connectivity index (χ0n) is 12.9. The Morgan fingerprint density at radius 3 is 2.43 bits per heavy atom. The monoisotopic (exact) mass is 289 g/mol. The first-order chi connectivity index (χ1) is 9.97. The quantitative estimate of drug-likeness (QED) is 0.641.